The number of rotatable bonds is 6. The summed E-state index contributed by atoms with van der Waals surface area (Å²) in [6, 6.07) is 0.824. The predicted octanol–water partition coefficient (Wildman–Crippen LogP) is 1.63. The van der Waals surface area contributed by atoms with Gasteiger partial charge in [-0.15, -0.1) is 0 Å². The molecule has 1 aliphatic heterocycles. The molecule has 1 unspecified atom stereocenters. The number of ether oxygens (including phenoxy) is 1. The molecule has 0 amide bonds. The maximum absolute atomic E-state index is 5.37. The molecule has 1 heterocycles. The van der Waals surface area contributed by atoms with Crippen LogP contribution in [0, 0.1) is 0 Å². The van der Waals surface area contributed by atoms with Crippen LogP contribution in [-0.4, -0.2) is 50.3 Å². The lowest BCUT2D eigenvalue weighted by molar-refractivity contribution is 0.108. The van der Waals surface area contributed by atoms with Gasteiger partial charge in [0.15, 0.2) is 0 Å². The number of nitrogens with one attached hydrogen (secondary N) is 1. The van der Waals surface area contributed by atoms with Crippen molar-refractivity contribution in [3.63, 3.8) is 0 Å². The van der Waals surface area contributed by atoms with E-state index >= 15 is 0 Å². The highest BCUT2D eigenvalue weighted by Gasteiger charge is 2.21. The summed E-state index contributed by atoms with van der Waals surface area (Å²) in [5.41, 5.74) is 0. The number of hydrogen-bond acceptors (Lipinski definition) is 3. The molecule has 2 rings (SSSR count). The molecule has 1 aliphatic carbocycles. The van der Waals surface area contributed by atoms with E-state index in [4.69, 9.17) is 4.74 Å². The van der Waals surface area contributed by atoms with Crippen molar-refractivity contribution in [2.24, 2.45) is 0 Å². The van der Waals surface area contributed by atoms with Crippen molar-refractivity contribution >= 4 is 0 Å². The Kier molecular flexibility index (Phi) is 5.07. The van der Waals surface area contributed by atoms with Crippen molar-refractivity contribution in [1.82, 2.24) is 10.2 Å². The van der Waals surface area contributed by atoms with Crippen LogP contribution in [0.1, 0.15) is 38.5 Å². The molecule has 1 atom stereocenters. The average Bonchev–Trinajstić information content (AvgIpc) is 2.95. The van der Waals surface area contributed by atoms with Crippen LogP contribution >= 0.6 is 0 Å². The van der Waals surface area contributed by atoms with Gasteiger partial charge in [-0.1, -0.05) is 12.8 Å². The largest absolute Gasteiger partial charge is 0.380 e. The molecule has 0 aromatic rings. The highest BCUT2D eigenvalue weighted by atomic mass is 16.5. The maximum Gasteiger partial charge on any atom is 0.0710 e. The van der Waals surface area contributed by atoms with Crippen molar-refractivity contribution in [1.29, 1.82) is 0 Å². The van der Waals surface area contributed by atoms with Crippen LogP contribution in [0.4, 0.5) is 0 Å². The Morgan fingerprint density at radius 1 is 1.25 bits per heavy atom. The number of methoxy groups -OCH3 is 1. The number of hydrogen-bond donors (Lipinski definition) is 1. The first kappa shape index (κ1) is 12.3. The maximum atomic E-state index is 5.37. The van der Waals surface area contributed by atoms with Gasteiger partial charge in [0, 0.05) is 26.2 Å². The van der Waals surface area contributed by atoms with Crippen LogP contribution in [0.3, 0.4) is 0 Å². The summed E-state index contributed by atoms with van der Waals surface area (Å²) in [5, 5.41) is 3.67. The third kappa shape index (κ3) is 3.72. The summed E-state index contributed by atoms with van der Waals surface area (Å²) < 4.78 is 5.37. The Balaban J connectivity index is 1.48. The topological polar surface area (TPSA) is 24.5 Å². The molecule has 2 fully saturated rings. The Morgan fingerprint density at radius 2 is 2.06 bits per heavy atom. The molecule has 0 aromatic heterocycles. The molecule has 1 N–H and O–H groups in total. The fraction of sp³-hybridized carbons (Fsp3) is 1.00. The predicted molar refractivity (Wildman–Crippen MR) is 66.7 cm³/mol. The van der Waals surface area contributed by atoms with Gasteiger partial charge in [-0.05, 0) is 38.8 Å². The molecule has 0 radical (unpaired) electrons. The molecule has 3 heteroatoms. The standard InChI is InChI=1S/C13H26N2O/c1-16-13-7-10-15(11-13)9-4-8-14-12-5-2-3-6-12/h12-14H,2-11H2,1H3. The lowest BCUT2D eigenvalue weighted by atomic mass is 10.2. The second-order valence-corrected chi connectivity index (χ2v) is 5.24. The first-order valence-electron chi connectivity index (χ1n) is 6.87. The fourth-order valence-corrected chi connectivity index (χ4v) is 2.93. The molecule has 94 valence electrons. The second-order valence-electron chi connectivity index (χ2n) is 5.24. The van der Waals surface area contributed by atoms with E-state index in [0.29, 0.717) is 6.10 Å². The minimum absolute atomic E-state index is 0.489. The summed E-state index contributed by atoms with van der Waals surface area (Å²) in [7, 11) is 1.83. The number of nitrogens with zero attached hydrogens (tertiary/aromatic N) is 1. The van der Waals surface area contributed by atoms with E-state index in [1.807, 2.05) is 7.11 Å². The fourth-order valence-electron chi connectivity index (χ4n) is 2.93. The highest BCUT2D eigenvalue weighted by molar-refractivity contribution is 4.77. The van der Waals surface area contributed by atoms with E-state index in [1.165, 1.54) is 58.2 Å². The first-order chi connectivity index (χ1) is 7.88. The van der Waals surface area contributed by atoms with Crippen molar-refractivity contribution in [2.75, 3.05) is 33.3 Å². The molecule has 0 spiro atoms. The lowest BCUT2D eigenvalue weighted by Gasteiger charge is -2.17. The van der Waals surface area contributed by atoms with E-state index in [0.717, 1.165) is 12.6 Å². The van der Waals surface area contributed by atoms with Gasteiger partial charge in [-0.2, -0.15) is 0 Å². The average molecular weight is 226 g/mol. The van der Waals surface area contributed by atoms with Crippen LogP contribution in [0.2, 0.25) is 0 Å². The van der Waals surface area contributed by atoms with Gasteiger partial charge in [0.05, 0.1) is 6.10 Å². The molecule has 3 nitrogen and oxygen atoms in total. The van der Waals surface area contributed by atoms with E-state index in [1.54, 1.807) is 0 Å². The highest BCUT2D eigenvalue weighted by Crippen LogP contribution is 2.17. The Hall–Kier alpha value is -0.120. The summed E-state index contributed by atoms with van der Waals surface area (Å²) in [5.74, 6) is 0. The molecule has 16 heavy (non-hydrogen) atoms. The van der Waals surface area contributed by atoms with E-state index < -0.39 is 0 Å². The second kappa shape index (κ2) is 6.58. The smallest absolute Gasteiger partial charge is 0.0710 e. The SMILES string of the molecule is COC1CCN(CCCNC2CCCC2)C1. The first-order valence-corrected chi connectivity index (χ1v) is 6.87. The molecular formula is C13H26N2O. The van der Waals surface area contributed by atoms with Crippen LogP contribution in [0.5, 0.6) is 0 Å². The summed E-state index contributed by atoms with van der Waals surface area (Å²) in [6.45, 7) is 4.79. The van der Waals surface area contributed by atoms with Gasteiger partial charge in [0.2, 0.25) is 0 Å². The van der Waals surface area contributed by atoms with E-state index in [2.05, 4.69) is 10.2 Å². The van der Waals surface area contributed by atoms with Gasteiger partial charge in [0.25, 0.3) is 0 Å². The third-order valence-corrected chi connectivity index (χ3v) is 4.00. The third-order valence-electron chi connectivity index (χ3n) is 4.00. The molecule has 0 aromatic carbocycles. The van der Waals surface area contributed by atoms with Gasteiger partial charge < -0.3 is 15.0 Å². The van der Waals surface area contributed by atoms with Crippen LogP contribution in [0.25, 0.3) is 0 Å². The molecule has 2 aliphatic rings. The monoisotopic (exact) mass is 226 g/mol. The molecular weight excluding hydrogens is 200 g/mol. The summed E-state index contributed by atoms with van der Waals surface area (Å²) in [4.78, 5) is 2.53. The van der Waals surface area contributed by atoms with Gasteiger partial charge in [-0.3, -0.25) is 0 Å². The van der Waals surface area contributed by atoms with Crippen molar-refractivity contribution in [2.45, 2.75) is 50.7 Å². The lowest BCUT2D eigenvalue weighted by Crippen LogP contribution is -2.30. The molecule has 1 saturated carbocycles. The van der Waals surface area contributed by atoms with Crippen molar-refractivity contribution in [3.05, 3.63) is 0 Å². The minimum atomic E-state index is 0.489. The summed E-state index contributed by atoms with van der Waals surface area (Å²) >= 11 is 0. The minimum Gasteiger partial charge on any atom is -0.380 e. The molecule has 0 bridgehead atoms. The van der Waals surface area contributed by atoms with Crippen molar-refractivity contribution < 1.29 is 4.74 Å². The number of likely N-dealkylation sites (tertiary alicyclic amines) is 1. The zero-order valence-electron chi connectivity index (χ0n) is 10.6. The van der Waals surface area contributed by atoms with Crippen LogP contribution in [-0.2, 0) is 4.74 Å². The van der Waals surface area contributed by atoms with Crippen LogP contribution < -0.4 is 5.32 Å². The van der Waals surface area contributed by atoms with Gasteiger partial charge >= 0.3 is 0 Å². The zero-order chi connectivity index (χ0) is 11.2. The Morgan fingerprint density at radius 3 is 2.75 bits per heavy atom. The van der Waals surface area contributed by atoms with Crippen LogP contribution in [0.15, 0.2) is 0 Å². The quantitative estimate of drug-likeness (QED) is 0.697. The normalized spacial score (nSPS) is 27.9. The molecule has 1 saturated heterocycles. The Bertz CT molecular complexity index is 192. The summed E-state index contributed by atoms with van der Waals surface area (Å²) in [6.07, 6.45) is 8.64. The zero-order valence-corrected chi connectivity index (χ0v) is 10.6. The van der Waals surface area contributed by atoms with E-state index in [-0.39, 0.29) is 0 Å². The van der Waals surface area contributed by atoms with Gasteiger partial charge in [-0.25, -0.2) is 0 Å². The Labute approximate surface area is 99.5 Å². The van der Waals surface area contributed by atoms with Crippen molar-refractivity contribution in [3.8, 4) is 0 Å². The van der Waals surface area contributed by atoms with Gasteiger partial charge in [0.1, 0.15) is 0 Å². The van der Waals surface area contributed by atoms with E-state index in [9.17, 15) is 0 Å².